The van der Waals surface area contributed by atoms with Crippen LogP contribution in [0.1, 0.15) is 12.5 Å². The van der Waals surface area contributed by atoms with Crippen molar-refractivity contribution in [1.82, 2.24) is 0 Å². The van der Waals surface area contributed by atoms with Gasteiger partial charge in [0.2, 0.25) is 0 Å². The molecular weight excluding hydrogens is 284 g/mol. The summed E-state index contributed by atoms with van der Waals surface area (Å²) in [6.45, 7) is 1.69. The molecule has 0 saturated carbocycles. The van der Waals surface area contributed by atoms with Gasteiger partial charge in [0.15, 0.2) is 6.10 Å². The number of nitrogens with two attached hydrogens (primary N) is 1. The normalized spacial score (nSPS) is 11.5. The third kappa shape index (κ3) is 4.29. The van der Waals surface area contributed by atoms with E-state index in [1.807, 2.05) is 30.3 Å². The number of anilines is 1. The van der Waals surface area contributed by atoms with E-state index in [9.17, 15) is 4.79 Å². The Kier molecular flexibility index (Phi) is 4.90. The summed E-state index contributed by atoms with van der Waals surface area (Å²) in [4.78, 5) is 12.3. The van der Waals surface area contributed by atoms with Gasteiger partial charge in [0.05, 0.1) is 0 Å². The van der Waals surface area contributed by atoms with Crippen molar-refractivity contribution in [2.75, 3.05) is 5.32 Å². The molecule has 0 saturated heterocycles. The number of rotatable bonds is 5. The fourth-order valence-corrected chi connectivity index (χ4v) is 1.86. The van der Waals surface area contributed by atoms with E-state index < -0.39 is 6.10 Å². The molecule has 1 unspecified atom stereocenters. The first-order valence-corrected chi connectivity index (χ1v) is 6.89. The fraction of sp³-hybridized carbons (Fsp3) is 0.125. The SMILES string of the molecule is CC(Oc1ccc(C(N)=S)cc1)C(=O)Nc1ccccc1. The van der Waals surface area contributed by atoms with Gasteiger partial charge < -0.3 is 15.8 Å². The molecule has 2 aromatic carbocycles. The molecule has 0 fully saturated rings. The Morgan fingerprint density at radius 1 is 1.14 bits per heavy atom. The molecule has 1 amide bonds. The quantitative estimate of drug-likeness (QED) is 0.833. The number of benzene rings is 2. The molecule has 21 heavy (non-hydrogen) atoms. The smallest absolute Gasteiger partial charge is 0.265 e. The zero-order valence-corrected chi connectivity index (χ0v) is 12.4. The van der Waals surface area contributed by atoms with E-state index in [1.54, 1.807) is 31.2 Å². The average molecular weight is 300 g/mol. The van der Waals surface area contributed by atoms with Gasteiger partial charge >= 0.3 is 0 Å². The minimum absolute atomic E-state index is 0.209. The maximum absolute atomic E-state index is 12.0. The van der Waals surface area contributed by atoms with Gasteiger partial charge in [0.1, 0.15) is 10.7 Å². The lowest BCUT2D eigenvalue weighted by Gasteiger charge is -2.15. The molecule has 0 aromatic heterocycles. The van der Waals surface area contributed by atoms with Crippen LogP contribution in [0.15, 0.2) is 54.6 Å². The minimum atomic E-state index is -0.610. The Labute approximate surface area is 128 Å². The maximum Gasteiger partial charge on any atom is 0.265 e. The van der Waals surface area contributed by atoms with E-state index in [1.165, 1.54) is 0 Å². The van der Waals surface area contributed by atoms with Gasteiger partial charge in [-0.3, -0.25) is 4.79 Å². The molecule has 5 heteroatoms. The van der Waals surface area contributed by atoms with Gasteiger partial charge in [-0.2, -0.15) is 0 Å². The zero-order valence-electron chi connectivity index (χ0n) is 11.6. The zero-order chi connectivity index (χ0) is 15.2. The van der Waals surface area contributed by atoms with Crippen LogP contribution in [0, 0.1) is 0 Å². The standard InChI is InChI=1S/C16H16N2O2S/c1-11(16(19)18-13-5-3-2-4-6-13)20-14-9-7-12(8-10-14)15(17)21/h2-11H,1H3,(H2,17,21)(H,18,19). The summed E-state index contributed by atoms with van der Waals surface area (Å²) in [5, 5.41) is 2.79. The minimum Gasteiger partial charge on any atom is -0.481 e. The molecule has 0 aliphatic rings. The van der Waals surface area contributed by atoms with Crippen molar-refractivity contribution in [2.45, 2.75) is 13.0 Å². The Hall–Kier alpha value is -2.40. The third-order valence-corrected chi connectivity index (χ3v) is 3.10. The van der Waals surface area contributed by atoms with Gasteiger partial charge in [0, 0.05) is 11.3 Å². The highest BCUT2D eigenvalue weighted by Crippen LogP contribution is 2.15. The van der Waals surface area contributed by atoms with Crippen molar-refractivity contribution in [3.8, 4) is 5.75 Å². The second-order valence-electron chi connectivity index (χ2n) is 4.50. The number of hydrogen-bond acceptors (Lipinski definition) is 3. The third-order valence-electron chi connectivity index (χ3n) is 2.86. The van der Waals surface area contributed by atoms with Crippen LogP contribution in [0.25, 0.3) is 0 Å². The summed E-state index contributed by atoms with van der Waals surface area (Å²) in [6.07, 6.45) is -0.610. The first kappa shape index (κ1) is 15.0. The second-order valence-corrected chi connectivity index (χ2v) is 4.94. The summed E-state index contributed by atoms with van der Waals surface area (Å²) in [6, 6.07) is 16.2. The molecule has 0 aliphatic heterocycles. The summed E-state index contributed by atoms with van der Waals surface area (Å²) in [5.74, 6) is 0.380. The van der Waals surface area contributed by atoms with Crippen LogP contribution in [0.4, 0.5) is 5.69 Å². The summed E-state index contributed by atoms with van der Waals surface area (Å²) in [7, 11) is 0. The Morgan fingerprint density at radius 3 is 2.33 bits per heavy atom. The molecule has 3 N–H and O–H groups in total. The number of amides is 1. The lowest BCUT2D eigenvalue weighted by molar-refractivity contribution is -0.122. The Balaban J connectivity index is 1.95. The Bertz CT molecular complexity index is 626. The maximum atomic E-state index is 12.0. The van der Waals surface area contributed by atoms with Crippen molar-refractivity contribution in [1.29, 1.82) is 0 Å². The van der Waals surface area contributed by atoms with Crippen LogP contribution in [0.3, 0.4) is 0 Å². The predicted octanol–water partition coefficient (Wildman–Crippen LogP) is 2.73. The number of hydrogen-bond donors (Lipinski definition) is 2. The van der Waals surface area contributed by atoms with Crippen molar-refractivity contribution >= 4 is 28.8 Å². The number of nitrogens with one attached hydrogen (secondary N) is 1. The summed E-state index contributed by atoms with van der Waals surface area (Å²) >= 11 is 4.88. The molecule has 2 rings (SSSR count). The van der Waals surface area contributed by atoms with Gasteiger partial charge in [-0.05, 0) is 43.3 Å². The summed E-state index contributed by atoms with van der Waals surface area (Å²) in [5.41, 5.74) is 7.03. The number of thiocarbonyl (C=S) groups is 1. The van der Waals surface area contributed by atoms with E-state index in [2.05, 4.69) is 5.32 Å². The van der Waals surface area contributed by atoms with E-state index in [0.29, 0.717) is 10.7 Å². The summed E-state index contributed by atoms with van der Waals surface area (Å²) < 4.78 is 5.59. The topological polar surface area (TPSA) is 64.3 Å². The molecule has 1 atom stereocenters. The average Bonchev–Trinajstić information content (AvgIpc) is 2.48. The highest BCUT2D eigenvalue weighted by atomic mass is 32.1. The van der Waals surface area contributed by atoms with Gasteiger partial charge in [0.25, 0.3) is 5.91 Å². The van der Waals surface area contributed by atoms with Crippen LogP contribution in [-0.2, 0) is 4.79 Å². The second kappa shape index (κ2) is 6.85. The number of carbonyl (C=O) groups is 1. The number of carbonyl (C=O) groups excluding carboxylic acids is 1. The molecule has 0 aliphatic carbocycles. The largest absolute Gasteiger partial charge is 0.481 e. The lowest BCUT2D eigenvalue weighted by Crippen LogP contribution is -2.30. The molecule has 108 valence electrons. The van der Waals surface area contributed by atoms with Crippen LogP contribution in [0.2, 0.25) is 0 Å². The molecular formula is C16H16N2O2S. The molecule has 4 nitrogen and oxygen atoms in total. The molecule has 0 bridgehead atoms. The van der Waals surface area contributed by atoms with Crippen LogP contribution in [0.5, 0.6) is 5.75 Å². The highest BCUT2D eigenvalue weighted by molar-refractivity contribution is 7.80. The van der Waals surface area contributed by atoms with Crippen molar-refractivity contribution < 1.29 is 9.53 Å². The van der Waals surface area contributed by atoms with E-state index in [4.69, 9.17) is 22.7 Å². The van der Waals surface area contributed by atoms with E-state index >= 15 is 0 Å². The lowest BCUT2D eigenvalue weighted by atomic mass is 10.2. The van der Waals surface area contributed by atoms with Crippen LogP contribution >= 0.6 is 12.2 Å². The predicted molar refractivity (Wildman–Crippen MR) is 87.5 cm³/mol. The van der Waals surface area contributed by atoms with Crippen LogP contribution in [-0.4, -0.2) is 17.0 Å². The van der Waals surface area contributed by atoms with E-state index in [0.717, 1.165) is 11.3 Å². The number of para-hydroxylation sites is 1. The molecule has 2 aromatic rings. The highest BCUT2D eigenvalue weighted by Gasteiger charge is 2.14. The number of ether oxygens (including phenoxy) is 1. The Morgan fingerprint density at radius 2 is 1.76 bits per heavy atom. The van der Waals surface area contributed by atoms with Gasteiger partial charge in [-0.15, -0.1) is 0 Å². The monoisotopic (exact) mass is 300 g/mol. The molecule has 0 heterocycles. The first-order valence-electron chi connectivity index (χ1n) is 6.48. The van der Waals surface area contributed by atoms with Crippen LogP contribution < -0.4 is 15.8 Å². The van der Waals surface area contributed by atoms with Gasteiger partial charge in [-0.1, -0.05) is 30.4 Å². The van der Waals surface area contributed by atoms with E-state index in [-0.39, 0.29) is 5.91 Å². The first-order chi connectivity index (χ1) is 10.1. The van der Waals surface area contributed by atoms with Gasteiger partial charge in [-0.25, -0.2) is 0 Å². The molecule has 0 spiro atoms. The fourth-order valence-electron chi connectivity index (χ4n) is 1.72. The molecule has 0 radical (unpaired) electrons. The van der Waals surface area contributed by atoms with Crippen molar-refractivity contribution in [3.05, 3.63) is 60.2 Å². The van der Waals surface area contributed by atoms with Crippen molar-refractivity contribution in [2.24, 2.45) is 5.73 Å². The van der Waals surface area contributed by atoms with Crippen molar-refractivity contribution in [3.63, 3.8) is 0 Å².